The second-order valence-electron chi connectivity index (χ2n) is 11.1. The number of rotatable bonds is 1. The Hall–Kier alpha value is -1.02. The van der Waals surface area contributed by atoms with Gasteiger partial charge in [0.25, 0.3) is 0 Å². The zero-order valence-electron chi connectivity index (χ0n) is 17.9. The summed E-state index contributed by atoms with van der Waals surface area (Å²) in [5.41, 5.74) is -6.48. The highest BCUT2D eigenvalue weighted by molar-refractivity contribution is 5.89. The van der Waals surface area contributed by atoms with Crippen LogP contribution in [0.2, 0.25) is 0 Å². The molecule has 0 unspecified atom stereocenters. The summed E-state index contributed by atoms with van der Waals surface area (Å²) in [6.45, 7) is 7.93. The largest absolute Gasteiger partial charge is 0.462 e. The summed E-state index contributed by atoms with van der Waals surface area (Å²) in [5, 5.41) is 46.1. The van der Waals surface area contributed by atoms with Crippen molar-refractivity contribution in [1.29, 1.82) is 0 Å². The van der Waals surface area contributed by atoms with Crippen LogP contribution in [0.4, 0.5) is 0 Å². The number of hydrogen-bond donors (Lipinski definition) is 4. The summed E-state index contributed by atoms with van der Waals surface area (Å²) in [6, 6.07) is 0. The predicted molar refractivity (Wildman–Crippen MR) is 103 cm³/mol. The fourth-order valence-electron chi connectivity index (χ4n) is 7.94. The Labute approximate surface area is 171 Å². The van der Waals surface area contributed by atoms with Crippen LogP contribution in [0.25, 0.3) is 0 Å². The number of ether oxygens (including phenoxy) is 1. The lowest BCUT2D eigenvalue weighted by Crippen LogP contribution is -2.60. The molecule has 0 aromatic rings. The molecule has 0 heterocycles. The number of Topliss-reactive ketones (excluding diaryl/α,β-unsaturated/α-hetero) is 1. The van der Waals surface area contributed by atoms with Gasteiger partial charge in [-0.3, -0.25) is 9.59 Å². The van der Waals surface area contributed by atoms with E-state index in [1.54, 1.807) is 27.7 Å². The lowest BCUT2D eigenvalue weighted by molar-refractivity contribution is -0.198. The van der Waals surface area contributed by atoms with Gasteiger partial charge >= 0.3 is 5.97 Å². The van der Waals surface area contributed by atoms with Gasteiger partial charge in [0.1, 0.15) is 17.5 Å². The van der Waals surface area contributed by atoms with E-state index in [0.29, 0.717) is 12.8 Å². The number of carbonyl (C=O) groups excluding carboxylic acids is 2. The molecule has 4 N–H and O–H groups in total. The number of hydrogen-bond acceptors (Lipinski definition) is 7. The SMILES string of the molecule is CC(=O)O[C@H]1[C@H]2CC[C@H]3[C@@](C)(O)[C@@H]4CC(=O)C(C)(C)[C@@]4(O)[C@H](O)C[C@@]13C[C@]2(C)O. The average molecular weight is 411 g/mol. The Morgan fingerprint density at radius 2 is 1.69 bits per heavy atom. The third-order valence-electron chi connectivity index (χ3n) is 9.28. The smallest absolute Gasteiger partial charge is 0.302 e. The Kier molecular flexibility index (Phi) is 4.25. The fourth-order valence-corrected chi connectivity index (χ4v) is 7.94. The molecule has 7 heteroatoms. The van der Waals surface area contributed by atoms with Gasteiger partial charge < -0.3 is 25.2 Å². The number of ketones is 1. The molecular weight excluding hydrogens is 376 g/mol. The van der Waals surface area contributed by atoms with Gasteiger partial charge in [-0.15, -0.1) is 0 Å². The number of aliphatic hydroxyl groups is 4. The zero-order valence-corrected chi connectivity index (χ0v) is 17.9. The normalized spacial score (nSPS) is 55.8. The molecule has 1 spiro atoms. The zero-order chi connectivity index (χ0) is 21.8. The van der Waals surface area contributed by atoms with Crippen molar-refractivity contribution >= 4 is 11.8 Å². The summed E-state index contributed by atoms with van der Waals surface area (Å²) >= 11 is 0. The van der Waals surface area contributed by atoms with Crippen LogP contribution in [0.1, 0.15) is 66.7 Å². The first-order valence-corrected chi connectivity index (χ1v) is 10.7. The van der Waals surface area contributed by atoms with Crippen LogP contribution >= 0.6 is 0 Å². The highest BCUT2D eigenvalue weighted by Crippen LogP contribution is 2.69. The Balaban J connectivity index is 1.91. The van der Waals surface area contributed by atoms with E-state index in [4.69, 9.17) is 4.74 Å². The lowest BCUT2D eigenvalue weighted by atomic mass is 9.57. The van der Waals surface area contributed by atoms with Gasteiger partial charge in [0, 0.05) is 30.6 Å². The first kappa shape index (κ1) is 21.2. The maximum Gasteiger partial charge on any atom is 0.302 e. The van der Waals surface area contributed by atoms with Gasteiger partial charge in [-0.2, -0.15) is 0 Å². The molecule has 7 nitrogen and oxygen atoms in total. The molecule has 164 valence electrons. The van der Waals surface area contributed by atoms with E-state index in [0.717, 1.165) is 0 Å². The van der Waals surface area contributed by atoms with Gasteiger partial charge in [-0.05, 0) is 45.4 Å². The average Bonchev–Trinajstić information content (AvgIpc) is 2.80. The molecule has 4 fully saturated rings. The lowest BCUT2D eigenvalue weighted by Gasteiger charge is -2.51. The van der Waals surface area contributed by atoms with Gasteiger partial charge in [0.15, 0.2) is 0 Å². The molecule has 29 heavy (non-hydrogen) atoms. The molecule has 0 aliphatic heterocycles. The second-order valence-corrected chi connectivity index (χ2v) is 11.1. The quantitative estimate of drug-likeness (QED) is 0.474. The third kappa shape index (κ3) is 2.39. The van der Waals surface area contributed by atoms with E-state index >= 15 is 0 Å². The molecule has 0 saturated heterocycles. The number of aliphatic hydroxyl groups excluding tert-OH is 1. The van der Waals surface area contributed by atoms with Gasteiger partial charge in [-0.1, -0.05) is 13.8 Å². The molecule has 2 bridgehead atoms. The topological polar surface area (TPSA) is 124 Å². The van der Waals surface area contributed by atoms with Gasteiger partial charge in [0.05, 0.1) is 22.7 Å². The maximum absolute atomic E-state index is 12.8. The summed E-state index contributed by atoms with van der Waals surface area (Å²) in [7, 11) is 0. The highest BCUT2D eigenvalue weighted by Gasteiger charge is 2.77. The molecule has 9 atom stereocenters. The van der Waals surface area contributed by atoms with Crippen molar-refractivity contribution < 1.29 is 34.8 Å². The minimum atomic E-state index is -1.80. The predicted octanol–water partition coefficient (Wildman–Crippen LogP) is 0.947. The summed E-state index contributed by atoms with van der Waals surface area (Å²) in [6.07, 6.45) is -0.518. The van der Waals surface area contributed by atoms with Crippen LogP contribution in [0, 0.1) is 28.6 Å². The van der Waals surface area contributed by atoms with Crippen molar-refractivity contribution in [3.05, 3.63) is 0 Å². The first-order chi connectivity index (χ1) is 13.1. The van der Waals surface area contributed by atoms with E-state index in [9.17, 15) is 30.0 Å². The monoisotopic (exact) mass is 410 g/mol. The molecule has 4 aliphatic carbocycles. The molecule has 4 rings (SSSR count). The molecule has 0 aromatic carbocycles. The number of fused-ring (bicyclic) bond motifs is 2. The first-order valence-electron chi connectivity index (χ1n) is 10.7. The van der Waals surface area contributed by atoms with Crippen LogP contribution < -0.4 is 0 Å². The van der Waals surface area contributed by atoms with Crippen LogP contribution in [0.15, 0.2) is 0 Å². The van der Waals surface area contributed by atoms with Crippen LogP contribution in [0.5, 0.6) is 0 Å². The minimum Gasteiger partial charge on any atom is -0.462 e. The second kappa shape index (κ2) is 5.81. The summed E-state index contributed by atoms with van der Waals surface area (Å²) < 4.78 is 5.73. The van der Waals surface area contributed by atoms with E-state index in [-0.39, 0.29) is 31.0 Å². The highest BCUT2D eigenvalue weighted by atomic mass is 16.5. The summed E-state index contributed by atoms with van der Waals surface area (Å²) in [5.74, 6) is -2.21. The Bertz CT molecular complexity index is 756. The van der Waals surface area contributed by atoms with Crippen LogP contribution in [-0.2, 0) is 14.3 Å². The molecule has 0 aromatic heterocycles. The molecule has 0 amide bonds. The number of esters is 1. The third-order valence-corrected chi connectivity index (χ3v) is 9.28. The Morgan fingerprint density at radius 1 is 1.07 bits per heavy atom. The minimum absolute atomic E-state index is 0.0157. The van der Waals surface area contributed by atoms with E-state index in [1.807, 2.05) is 0 Å². The molecule has 0 radical (unpaired) electrons. The van der Waals surface area contributed by atoms with Crippen molar-refractivity contribution in [3.8, 4) is 0 Å². The van der Waals surface area contributed by atoms with E-state index in [1.165, 1.54) is 6.92 Å². The number of carbonyl (C=O) groups is 2. The summed E-state index contributed by atoms with van der Waals surface area (Å²) in [4.78, 5) is 24.7. The van der Waals surface area contributed by atoms with E-state index in [2.05, 4.69) is 0 Å². The van der Waals surface area contributed by atoms with Crippen LogP contribution in [0.3, 0.4) is 0 Å². The molecule has 4 aliphatic rings. The molecule has 4 saturated carbocycles. The van der Waals surface area contributed by atoms with Gasteiger partial charge in [-0.25, -0.2) is 0 Å². The van der Waals surface area contributed by atoms with Crippen LogP contribution in [-0.4, -0.2) is 61.2 Å². The maximum atomic E-state index is 12.8. The fraction of sp³-hybridized carbons (Fsp3) is 0.909. The Morgan fingerprint density at radius 3 is 2.28 bits per heavy atom. The van der Waals surface area contributed by atoms with Crippen molar-refractivity contribution in [2.45, 2.75) is 95.7 Å². The van der Waals surface area contributed by atoms with Crippen molar-refractivity contribution in [2.24, 2.45) is 28.6 Å². The molecular formula is C22H34O7. The van der Waals surface area contributed by atoms with E-state index < -0.39 is 57.6 Å². The van der Waals surface area contributed by atoms with Crippen molar-refractivity contribution in [1.82, 2.24) is 0 Å². The van der Waals surface area contributed by atoms with Gasteiger partial charge in [0.2, 0.25) is 0 Å². The van der Waals surface area contributed by atoms with Crippen molar-refractivity contribution in [2.75, 3.05) is 0 Å². The standard InChI is InChI=1S/C22H34O7/c1-11(23)29-17-12-6-7-13-20(5,27)14-8-15(24)18(2,3)22(14,28)16(25)9-21(13,17)10-19(12,4)26/h12-14,16-17,25-28H,6-10H2,1-5H3/t12-,13+,14+,16-,17+,19+,20-,21+,22+/m1/s1. The van der Waals surface area contributed by atoms with Crippen molar-refractivity contribution in [3.63, 3.8) is 0 Å².